The number of likely N-dealkylation sites (N-methyl/N-ethyl adjacent to an activating group) is 1. The van der Waals surface area contributed by atoms with Gasteiger partial charge in [-0.05, 0) is 43.4 Å². The summed E-state index contributed by atoms with van der Waals surface area (Å²) in [5, 5.41) is 11.2. The fourth-order valence-corrected chi connectivity index (χ4v) is 3.57. The quantitative estimate of drug-likeness (QED) is 0.621. The number of carbonyl (C=O) groups excluding carboxylic acids is 1. The Bertz CT molecular complexity index is 939. The Kier molecular flexibility index (Phi) is 6.06. The van der Waals surface area contributed by atoms with Gasteiger partial charge in [-0.15, -0.1) is 10.2 Å². The Morgan fingerprint density at radius 2 is 1.90 bits per heavy atom. The molecular weight excluding hydrogens is 388 g/mol. The highest BCUT2D eigenvalue weighted by molar-refractivity contribution is 7.99. The third-order valence-electron chi connectivity index (χ3n) is 4.64. The number of piperazine rings is 1. The van der Waals surface area contributed by atoms with E-state index in [1.54, 1.807) is 12.3 Å². The van der Waals surface area contributed by atoms with Crippen LogP contribution in [-0.2, 0) is 4.79 Å². The van der Waals surface area contributed by atoms with E-state index in [-0.39, 0.29) is 11.7 Å². The lowest BCUT2D eigenvalue weighted by Crippen LogP contribution is -2.44. The summed E-state index contributed by atoms with van der Waals surface area (Å²) in [5.74, 6) is 0.400. The van der Waals surface area contributed by atoms with Gasteiger partial charge in [-0.2, -0.15) is 0 Å². The van der Waals surface area contributed by atoms with Crippen LogP contribution in [0.15, 0.2) is 58.3 Å². The Hall–Kier alpha value is -2.91. The predicted molar refractivity (Wildman–Crippen MR) is 113 cm³/mol. The van der Waals surface area contributed by atoms with Gasteiger partial charge in [-0.25, -0.2) is 0 Å². The number of amides is 1. The molecule has 0 aliphatic carbocycles. The van der Waals surface area contributed by atoms with Crippen LogP contribution in [0.25, 0.3) is 11.6 Å². The molecule has 0 atom stereocenters. The van der Waals surface area contributed by atoms with Gasteiger partial charge >= 0.3 is 0 Å². The molecule has 1 fully saturated rings. The highest BCUT2D eigenvalue weighted by Gasteiger charge is 2.15. The maximum Gasteiger partial charge on any atom is 0.277 e. The standard InChI is InChI=1S/C20H22N6O2S/c1-25-10-12-26(13-11-25)16-7-5-15(6-8-16)22-18(27)14-29-20-24-23-19(28-20)17-4-2-3-9-21-17/h2-9H,10-14H2,1H3,(H,22,27). The van der Waals surface area contributed by atoms with Gasteiger partial charge in [-0.1, -0.05) is 17.8 Å². The number of hydrogen-bond donors (Lipinski definition) is 1. The molecule has 9 heteroatoms. The monoisotopic (exact) mass is 410 g/mol. The first-order valence-corrected chi connectivity index (χ1v) is 10.4. The largest absolute Gasteiger partial charge is 0.410 e. The number of rotatable bonds is 6. The number of nitrogens with zero attached hydrogens (tertiary/aromatic N) is 5. The highest BCUT2D eigenvalue weighted by atomic mass is 32.2. The molecule has 2 aromatic heterocycles. The van der Waals surface area contributed by atoms with E-state index in [0.29, 0.717) is 16.8 Å². The van der Waals surface area contributed by atoms with Gasteiger partial charge in [0.05, 0.1) is 5.75 Å². The Balaban J connectivity index is 1.27. The normalized spacial score (nSPS) is 14.7. The number of anilines is 2. The molecule has 1 aromatic carbocycles. The van der Waals surface area contributed by atoms with Gasteiger partial charge in [-0.3, -0.25) is 9.78 Å². The van der Waals surface area contributed by atoms with Crippen LogP contribution in [0, 0.1) is 0 Å². The number of aromatic nitrogens is 3. The van der Waals surface area contributed by atoms with Crippen molar-refractivity contribution in [1.82, 2.24) is 20.1 Å². The predicted octanol–water partition coefficient (Wildman–Crippen LogP) is 2.61. The fraction of sp³-hybridized carbons (Fsp3) is 0.300. The molecule has 4 rings (SSSR count). The molecule has 0 bridgehead atoms. The van der Waals surface area contributed by atoms with Crippen LogP contribution in [0.4, 0.5) is 11.4 Å². The first-order chi connectivity index (χ1) is 14.2. The van der Waals surface area contributed by atoms with Crippen LogP contribution in [0.5, 0.6) is 0 Å². The van der Waals surface area contributed by atoms with Gasteiger partial charge in [0, 0.05) is 43.8 Å². The van der Waals surface area contributed by atoms with Crippen LogP contribution in [0.2, 0.25) is 0 Å². The van der Waals surface area contributed by atoms with Crippen molar-refractivity contribution in [2.45, 2.75) is 5.22 Å². The maximum absolute atomic E-state index is 12.2. The minimum Gasteiger partial charge on any atom is -0.410 e. The highest BCUT2D eigenvalue weighted by Crippen LogP contribution is 2.22. The molecule has 1 saturated heterocycles. The van der Waals surface area contributed by atoms with E-state index in [2.05, 4.69) is 37.3 Å². The van der Waals surface area contributed by atoms with Crippen LogP contribution < -0.4 is 10.2 Å². The summed E-state index contributed by atoms with van der Waals surface area (Å²) in [6.45, 7) is 4.16. The molecule has 8 nitrogen and oxygen atoms in total. The average Bonchev–Trinajstić information content (AvgIpc) is 3.23. The molecule has 150 valence electrons. The summed E-state index contributed by atoms with van der Waals surface area (Å²) < 4.78 is 5.55. The SMILES string of the molecule is CN1CCN(c2ccc(NC(=O)CSc3nnc(-c4ccccn4)o3)cc2)CC1. The van der Waals surface area contributed by atoms with Crippen LogP contribution in [0.3, 0.4) is 0 Å². The van der Waals surface area contributed by atoms with Crippen molar-refractivity contribution in [3.8, 4) is 11.6 Å². The lowest BCUT2D eigenvalue weighted by atomic mass is 10.2. The van der Waals surface area contributed by atoms with E-state index in [0.717, 1.165) is 31.9 Å². The fourth-order valence-electron chi connectivity index (χ4n) is 3.01. The molecule has 1 amide bonds. The maximum atomic E-state index is 12.2. The second-order valence-corrected chi connectivity index (χ2v) is 7.69. The average molecular weight is 411 g/mol. The second-order valence-electron chi connectivity index (χ2n) is 6.76. The topological polar surface area (TPSA) is 87.4 Å². The molecule has 1 aliphatic rings. The smallest absolute Gasteiger partial charge is 0.277 e. The molecule has 1 N–H and O–H groups in total. The summed E-state index contributed by atoms with van der Waals surface area (Å²) in [7, 11) is 2.14. The van der Waals surface area contributed by atoms with Gasteiger partial charge in [0.25, 0.3) is 11.1 Å². The summed E-state index contributed by atoms with van der Waals surface area (Å²) in [6.07, 6.45) is 1.66. The molecule has 0 spiro atoms. The zero-order valence-electron chi connectivity index (χ0n) is 16.1. The molecular formula is C20H22N6O2S. The van der Waals surface area contributed by atoms with E-state index in [4.69, 9.17) is 4.42 Å². The van der Waals surface area contributed by atoms with Crippen molar-refractivity contribution in [3.05, 3.63) is 48.7 Å². The van der Waals surface area contributed by atoms with E-state index in [1.165, 1.54) is 17.4 Å². The molecule has 3 aromatic rings. The number of pyridine rings is 1. The molecule has 0 unspecified atom stereocenters. The van der Waals surface area contributed by atoms with Crippen LogP contribution in [0.1, 0.15) is 0 Å². The van der Waals surface area contributed by atoms with Gasteiger partial charge in [0.1, 0.15) is 5.69 Å². The number of nitrogens with one attached hydrogen (secondary N) is 1. The van der Waals surface area contributed by atoms with Crippen molar-refractivity contribution >= 4 is 29.0 Å². The van der Waals surface area contributed by atoms with Crippen molar-refractivity contribution in [1.29, 1.82) is 0 Å². The van der Waals surface area contributed by atoms with E-state index < -0.39 is 0 Å². The van der Waals surface area contributed by atoms with Gasteiger partial charge < -0.3 is 19.5 Å². The zero-order chi connectivity index (χ0) is 20.1. The summed E-state index contributed by atoms with van der Waals surface area (Å²) in [4.78, 5) is 21.1. The third-order valence-corrected chi connectivity index (χ3v) is 5.46. The first kappa shape index (κ1) is 19.4. The number of thioether (sulfide) groups is 1. The summed E-state index contributed by atoms with van der Waals surface area (Å²) >= 11 is 1.20. The van der Waals surface area contributed by atoms with Crippen LogP contribution >= 0.6 is 11.8 Å². The summed E-state index contributed by atoms with van der Waals surface area (Å²) in [6, 6.07) is 13.4. The third kappa shape index (κ3) is 5.12. The molecule has 0 radical (unpaired) electrons. The minimum absolute atomic E-state index is 0.125. The van der Waals surface area contributed by atoms with Crippen molar-refractivity contribution in [2.24, 2.45) is 0 Å². The summed E-state index contributed by atoms with van der Waals surface area (Å²) in [5.41, 5.74) is 2.56. The number of hydrogen-bond acceptors (Lipinski definition) is 8. The van der Waals surface area contributed by atoms with Crippen molar-refractivity contribution in [3.63, 3.8) is 0 Å². The Morgan fingerprint density at radius 1 is 1.10 bits per heavy atom. The van der Waals surface area contributed by atoms with Crippen molar-refractivity contribution in [2.75, 3.05) is 49.2 Å². The van der Waals surface area contributed by atoms with Crippen LogP contribution in [-0.4, -0.2) is 65.0 Å². The van der Waals surface area contributed by atoms with Gasteiger partial charge in [0.15, 0.2) is 0 Å². The minimum atomic E-state index is -0.125. The molecule has 0 saturated carbocycles. The molecule has 29 heavy (non-hydrogen) atoms. The van der Waals surface area contributed by atoms with Gasteiger partial charge in [0.2, 0.25) is 5.91 Å². The Morgan fingerprint density at radius 3 is 2.62 bits per heavy atom. The first-order valence-electron chi connectivity index (χ1n) is 9.38. The lowest BCUT2D eigenvalue weighted by Gasteiger charge is -2.34. The number of benzene rings is 1. The van der Waals surface area contributed by atoms with Crippen molar-refractivity contribution < 1.29 is 9.21 Å². The second kappa shape index (κ2) is 9.06. The Labute approximate surface area is 173 Å². The zero-order valence-corrected chi connectivity index (χ0v) is 16.9. The van der Waals surface area contributed by atoms with E-state index in [9.17, 15) is 4.79 Å². The molecule has 3 heterocycles. The lowest BCUT2D eigenvalue weighted by molar-refractivity contribution is -0.113. The van der Waals surface area contributed by atoms with E-state index in [1.807, 2.05) is 36.4 Å². The van der Waals surface area contributed by atoms with E-state index >= 15 is 0 Å². The number of carbonyl (C=O) groups is 1. The molecule has 1 aliphatic heterocycles.